The molecule has 30 heavy (non-hydrogen) atoms. The van der Waals surface area contributed by atoms with Crippen molar-refractivity contribution in [2.45, 2.75) is 13.5 Å². The summed E-state index contributed by atoms with van der Waals surface area (Å²) in [6, 6.07) is 19.1. The average molecular weight is 397 g/mol. The first-order chi connectivity index (χ1) is 14.6. The van der Waals surface area contributed by atoms with Crippen LogP contribution in [-0.4, -0.2) is 20.4 Å². The summed E-state index contributed by atoms with van der Waals surface area (Å²) < 4.78 is 7.52. The number of rotatable bonds is 4. The maximum Gasteiger partial charge on any atom is 0.293 e. The van der Waals surface area contributed by atoms with Gasteiger partial charge in [-0.1, -0.05) is 35.9 Å². The van der Waals surface area contributed by atoms with E-state index in [1.165, 1.54) is 0 Å². The van der Waals surface area contributed by atoms with E-state index in [9.17, 15) is 4.79 Å². The number of furan rings is 1. The minimum absolute atomic E-state index is 0.0177. The van der Waals surface area contributed by atoms with Gasteiger partial charge in [-0.25, -0.2) is 9.97 Å². The number of anilines is 2. The van der Waals surface area contributed by atoms with Crippen molar-refractivity contribution in [1.29, 1.82) is 0 Å². The lowest BCUT2D eigenvalue weighted by atomic mass is 10.2. The largest absolute Gasteiger partial charge is 0.467 e. The molecule has 7 nitrogen and oxygen atoms in total. The molecule has 0 spiro atoms. The summed E-state index contributed by atoms with van der Waals surface area (Å²) in [6.45, 7) is 2.45. The predicted molar refractivity (Wildman–Crippen MR) is 116 cm³/mol. The normalized spacial score (nSPS) is 11.2. The summed E-state index contributed by atoms with van der Waals surface area (Å²) in [4.78, 5) is 21.7. The first-order valence-electron chi connectivity index (χ1n) is 9.55. The fraction of sp³-hybridized carbons (Fsp3) is 0.0870. The van der Waals surface area contributed by atoms with Gasteiger partial charge in [0.25, 0.3) is 5.91 Å². The average Bonchev–Trinajstić information content (AvgIpc) is 3.37. The highest BCUT2D eigenvalue weighted by Gasteiger charge is 2.20. The van der Waals surface area contributed by atoms with Gasteiger partial charge in [0.1, 0.15) is 17.2 Å². The molecule has 7 heteroatoms. The molecule has 0 saturated heterocycles. The molecule has 0 fully saturated rings. The Morgan fingerprint density at radius 3 is 2.63 bits per heavy atom. The SMILES string of the molecule is Cc1ccc(NC(=O)c2nc(N)c3c4ccccc4n(Cc4ccco4)c3n2)cc1. The number of aromatic nitrogens is 3. The lowest BCUT2D eigenvalue weighted by Gasteiger charge is -2.08. The zero-order valence-corrected chi connectivity index (χ0v) is 16.3. The highest BCUT2D eigenvalue weighted by molar-refractivity contribution is 6.13. The summed E-state index contributed by atoms with van der Waals surface area (Å²) in [6.07, 6.45) is 1.63. The van der Waals surface area contributed by atoms with Crippen LogP contribution in [0.4, 0.5) is 11.5 Å². The van der Waals surface area contributed by atoms with Gasteiger partial charge in [0, 0.05) is 11.1 Å². The molecule has 0 atom stereocenters. The molecule has 0 unspecified atom stereocenters. The van der Waals surface area contributed by atoms with E-state index in [4.69, 9.17) is 10.2 Å². The number of fused-ring (bicyclic) bond motifs is 3. The Balaban J connectivity index is 1.63. The van der Waals surface area contributed by atoms with Crippen molar-refractivity contribution in [1.82, 2.24) is 14.5 Å². The van der Waals surface area contributed by atoms with Gasteiger partial charge in [-0.15, -0.1) is 0 Å². The van der Waals surface area contributed by atoms with Crippen LogP contribution < -0.4 is 11.1 Å². The lowest BCUT2D eigenvalue weighted by Crippen LogP contribution is -2.17. The first kappa shape index (κ1) is 17.9. The number of nitrogen functional groups attached to an aromatic ring is 1. The predicted octanol–water partition coefficient (Wildman–Crippen LogP) is 4.37. The third-order valence-electron chi connectivity index (χ3n) is 5.04. The molecule has 5 aromatic rings. The Morgan fingerprint density at radius 2 is 1.87 bits per heavy atom. The van der Waals surface area contributed by atoms with Gasteiger partial charge < -0.3 is 20.0 Å². The van der Waals surface area contributed by atoms with Crippen molar-refractivity contribution in [3.05, 3.63) is 84.1 Å². The second-order valence-electron chi connectivity index (χ2n) is 7.13. The summed E-state index contributed by atoms with van der Waals surface area (Å²) in [5, 5.41) is 4.49. The Hall–Kier alpha value is -4.13. The van der Waals surface area contributed by atoms with Crippen LogP contribution in [0, 0.1) is 6.92 Å². The van der Waals surface area contributed by atoms with E-state index < -0.39 is 5.91 Å². The molecule has 3 aromatic heterocycles. The molecule has 1 amide bonds. The van der Waals surface area contributed by atoms with E-state index in [0.29, 0.717) is 17.9 Å². The number of carbonyl (C=O) groups is 1. The lowest BCUT2D eigenvalue weighted by molar-refractivity contribution is 0.101. The Bertz CT molecular complexity index is 1370. The van der Waals surface area contributed by atoms with E-state index in [-0.39, 0.29) is 11.6 Å². The molecule has 0 aliphatic rings. The third-order valence-corrected chi connectivity index (χ3v) is 5.04. The van der Waals surface area contributed by atoms with Crippen LogP contribution in [0.15, 0.2) is 71.3 Å². The number of nitrogens with two attached hydrogens (primary N) is 1. The van der Waals surface area contributed by atoms with E-state index in [1.807, 2.05) is 72.2 Å². The number of aryl methyl sites for hydroxylation is 1. The topological polar surface area (TPSA) is 99.0 Å². The van der Waals surface area contributed by atoms with Crippen molar-refractivity contribution in [2.24, 2.45) is 0 Å². The molecule has 0 saturated carbocycles. The van der Waals surface area contributed by atoms with Gasteiger partial charge in [0.15, 0.2) is 0 Å². The standard InChI is InChI=1S/C23H19N5O2/c1-14-8-10-15(11-9-14)25-23(29)21-26-20(24)19-17-6-2-3-7-18(17)28(22(19)27-21)13-16-5-4-12-30-16/h2-12H,13H2,1H3,(H,25,29)(H2,24,26,27). The molecule has 5 rings (SSSR count). The van der Waals surface area contributed by atoms with Gasteiger partial charge >= 0.3 is 0 Å². The molecule has 0 bridgehead atoms. The van der Waals surface area contributed by atoms with E-state index in [2.05, 4.69) is 15.3 Å². The minimum Gasteiger partial charge on any atom is -0.467 e. The molecule has 2 aromatic carbocycles. The molecule has 3 heterocycles. The quantitative estimate of drug-likeness (QED) is 0.469. The van der Waals surface area contributed by atoms with E-state index in [0.717, 1.165) is 27.6 Å². The van der Waals surface area contributed by atoms with Crippen LogP contribution in [0.5, 0.6) is 0 Å². The fourth-order valence-corrected chi connectivity index (χ4v) is 3.60. The number of nitrogens with zero attached hydrogens (tertiary/aromatic N) is 3. The molecular formula is C23H19N5O2. The van der Waals surface area contributed by atoms with Crippen molar-refractivity contribution in [3.63, 3.8) is 0 Å². The Morgan fingerprint density at radius 1 is 1.07 bits per heavy atom. The van der Waals surface area contributed by atoms with Gasteiger partial charge in [-0.3, -0.25) is 4.79 Å². The summed E-state index contributed by atoms with van der Waals surface area (Å²) in [7, 11) is 0. The number of carbonyl (C=O) groups excluding carboxylic acids is 1. The van der Waals surface area contributed by atoms with Crippen molar-refractivity contribution in [2.75, 3.05) is 11.1 Å². The van der Waals surface area contributed by atoms with Crippen LogP contribution >= 0.6 is 0 Å². The first-order valence-corrected chi connectivity index (χ1v) is 9.55. The van der Waals surface area contributed by atoms with Crippen molar-refractivity contribution >= 4 is 39.3 Å². The Kier molecular flexibility index (Phi) is 4.21. The monoisotopic (exact) mass is 397 g/mol. The maximum atomic E-state index is 12.8. The zero-order valence-electron chi connectivity index (χ0n) is 16.3. The van der Waals surface area contributed by atoms with Crippen LogP contribution in [0.1, 0.15) is 21.9 Å². The summed E-state index contributed by atoms with van der Waals surface area (Å²) in [5.41, 5.74) is 9.61. The minimum atomic E-state index is -0.415. The van der Waals surface area contributed by atoms with E-state index in [1.54, 1.807) is 6.26 Å². The molecule has 148 valence electrons. The van der Waals surface area contributed by atoms with Crippen LogP contribution in [0.3, 0.4) is 0 Å². The molecule has 0 aliphatic heterocycles. The van der Waals surface area contributed by atoms with Crippen LogP contribution in [0.25, 0.3) is 21.9 Å². The second-order valence-corrected chi connectivity index (χ2v) is 7.13. The van der Waals surface area contributed by atoms with Gasteiger partial charge in [-0.2, -0.15) is 0 Å². The fourth-order valence-electron chi connectivity index (χ4n) is 3.60. The number of para-hydroxylation sites is 1. The number of nitrogens with one attached hydrogen (secondary N) is 1. The zero-order chi connectivity index (χ0) is 20.7. The number of hydrogen-bond donors (Lipinski definition) is 2. The Labute approximate surface area is 172 Å². The molecule has 3 N–H and O–H groups in total. The summed E-state index contributed by atoms with van der Waals surface area (Å²) >= 11 is 0. The number of hydrogen-bond acceptors (Lipinski definition) is 5. The maximum absolute atomic E-state index is 12.8. The molecule has 0 aliphatic carbocycles. The summed E-state index contributed by atoms with van der Waals surface area (Å²) in [5.74, 6) is 0.648. The van der Waals surface area contributed by atoms with Crippen molar-refractivity contribution in [3.8, 4) is 0 Å². The van der Waals surface area contributed by atoms with Crippen LogP contribution in [-0.2, 0) is 6.54 Å². The van der Waals surface area contributed by atoms with Crippen LogP contribution in [0.2, 0.25) is 0 Å². The van der Waals surface area contributed by atoms with Crippen molar-refractivity contribution < 1.29 is 9.21 Å². The highest BCUT2D eigenvalue weighted by atomic mass is 16.3. The smallest absolute Gasteiger partial charge is 0.293 e. The van der Waals surface area contributed by atoms with Gasteiger partial charge in [0.2, 0.25) is 5.82 Å². The van der Waals surface area contributed by atoms with Gasteiger partial charge in [-0.05, 0) is 37.3 Å². The number of amides is 1. The molecule has 0 radical (unpaired) electrons. The van der Waals surface area contributed by atoms with Gasteiger partial charge in [0.05, 0.1) is 23.7 Å². The number of benzene rings is 2. The third kappa shape index (κ3) is 3.06. The highest BCUT2D eigenvalue weighted by Crippen LogP contribution is 2.32. The molecular weight excluding hydrogens is 378 g/mol. The second kappa shape index (κ2) is 7.04. The van der Waals surface area contributed by atoms with E-state index >= 15 is 0 Å².